The first-order valence-electron chi connectivity index (χ1n) is 39.4. The molecule has 3 N–H and O–H groups in total. The summed E-state index contributed by atoms with van der Waals surface area (Å²) in [7, 11) is -9.91. The van der Waals surface area contributed by atoms with E-state index in [1.165, 1.54) is 193 Å². The van der Waals surface area contributed by atoms with Crippen molar-refractivity contribution in [3.05, 3.63) is 0 Å². The minimum absolute atomic E-state index is 0.105. The third-order valence-electron chi connectivity index (χ3n) is 18.4. The maximum Gasteiger partial charge on any atom is 0.472 e. The van der Waals surface area contributed by atoms with Crippen LogP contribution in [-0.4, -0.2) is 96.7 Å². The van der Waals surface area contributed by atoms with E-state index in [2.05, 4.69) is 48.5 Å². The topological polar surface area (TPSA) is 237 Å². The van der Waals surface area contributed by atoms with Gasteiger partial charge in [0.1, 0.15) is 19.3 Å². The van der Waals surface area contributed by atoms with Gasteiger partial charge in [0, 0.05) is 25.7 Å². The monoisotopic (exact) mass is 1400 g/mol. The van der Waals surface area contributed by atoms with Crippen molar-refractivity contribution in [1.29, 1.82) is 0 Å². The van der Waals surface area contributed by atoms with E-state index in [-0.39, 0.29) is 25.7 Å². The highest BCUT2D eigenvalue weighted by Crippen LogP contribution is 2.45. The Morgan fingerprint density at radius 2 is 0.537 bits per heavy atom. The smallest absolute Gasteiger partial charge is 0.462 e. The second-order valence-electron chi connectivity index (χ2n) is 28.4. The molecule has 4 unspecified atom stereocenters. The van der Waals surface area contributed by atoms with Crippen molar-refractivity contribution in [3.8, 4) is 0 Å². The first kappa shape index (κ1) is 93.1. The molecule has 0 saturated carbocycles. The van der Waals surface area contributed by atoms with Crippen molar-refractivity contribution >= 4 is 39.5 Å². The van der Waals surface area contributed by atoms with Gasteiger partial charge in [-0.05, 0) is 43.4 Å². The predicted octanol–water partition coefficient (Wildman–Crippen LogP) is 22.2. The minimum Gasteiger partial charge on any atom is -0.462 e. The number of ether oxygens (including phenoxy) is 4. The Morgan fingerprint density at radius 3 is 0.800 bits per heavy atom. The Balaban J connectivity index is 5.22. The van der Waals surface area contributed by atoms with Gasteiger partial charge in [-0.2, -0.15) is 0 Å². The van der Waals surface area contributed by atoms with Gasteiger partial charge >= 0.3 is 39.5 Å². The molecule has 564 valence electrons. The van der Waals surface area contributed by atoms with Gasteiger partial charge in [0.25, 0.3) is 0 Å². The van der Waals surface area contributed by atoms with Crippen molar-refractivity contribution in [1.82, 2.24) is 0 Å². The van der Waals surface area contributed by atoms with Crippen LogP contribution < -0.4 is 0 Å². The lowest BCUT2D eigenvalue weighted by molar-refractivity contribution is -0.161. The van der Waals surface area contributed by atoms with Crippen LogP contribution in [0.25, 0.3) is 0 Å². The molecule has 0 spiro atoms. The van der Waals surface area contributed by atoms with E-state index in [9.17, 15) is 43.2 Å². The molecule has 0 radical (unpaired) electrons. The van der Waals surface area contributed by atoms with Crippen LogP contribution >= 0.6 is 15.6 Å². The highest BCUT2D eigenvalue weighted by molar-refractivity contribution is 7.47. The zero-order valence-electron chi connectivity index (χ0n) is 62.1. The molecule has 0 saturated heterocycles. The van der Waals surface area contributed by atoms with Gasteiger partial charge in [-0.1, -0.05) is 337 Å². The SMILES string of the molecule is CCCCCCCCCCC(=O)OC[C@H](COP(=O)(O)OC[C@H](O)COP(=O)(O)OC[C@@H](COC(=O)CCCCCCCCCCCCCCCCC(C)C)OC(=O)CCCCCCCCCCCCCCCCC(C)CC)OC(=O)CCCCCCCCCCC(C)CC. The van der Waals surface area contributed by atoms with Gasteiger partial charge in [0.05, 0.1) is 26.4 Å². The largest absolute Gasteiger partial charge is 0.472 e. The van der Waals surface area contributed by atoms with Crippen molar-refractivity contribution < 1.29 is 80.2 Å². The molecule has 0 amide bonds. The van der Waals surface area contributed by atoms with Gasteiger partial charge in [-0.3, -0.25) is 37.3 Å². The average molecular weight is 1400 g/mol. The number of carbonyl (C=O) groups excluding carboxylic acids is 4. The van der Waals surface area contributed by atoms with Crippen LogP contribution in [0, 0.1) is 17.8 Å². The summed E-state index contributed by atoms with van der Waals surface area (Å²) in [5.41, 5.74) is 0. The number of carbonyl (C=O) groups is 4. The predicted molar refractivity (Wildman–Crippen MR) is 386 cm³/mol. The number of hydrogen-bond acceptors (Lipinski definition) is 15. The number of aliphatic hydroxyl groups is 1. The van der Waals surface area contributed by atoms with Crippen LogP contribution in [0.4, 0.5) is 0 Å². The normalized spacial score (nSPS) is 14.6. The second-order valence-corrected chi connectivity index (χ2v) is 31.3. The molecule has 0 aliphatic heterocycles. The number of esters is 4. The van der Waals surface area contributed by atoms with Crippen molar-refractivity contribution in [2.24, 2.45) is 17.8 Å². The molecule has 7 atom stereocenters. The van der Waals surface area contributed by atoms with Crippen molar-refractivity contribution in [3.63, 3.8) is 0 Å². The van der Waals surface area contributed by atoms with Crippen LogP contribution in [0.3, 0.4) is 0 Å². The molecule has 0 aliphatic carbocycles. The maximum atomic E-state index is 13.1. The van der Waals surface area contributed by atoms with Gasteiger partial charge in [0.15, 0.2) is 12.2 Å². The molecular weight excluding hydrogens is 1250 g/mol. The Labute approximate surface area is 581 Å². The third kappa shape index (κ3) is 67.6. The highest BCUT2D eigenvalue weighted by atomic mass is 31.2. The molecule has 95 heavy (non-hydrogen) atoms. The number of phosphoric acid groups is 2. The van der Waals surface area contributed by atoms with Gasteiger partial charge in [0.2, 0.25) is 0 Å². The first-order chi connectivity index (χ1) is 45.8. The molecule has 0 aromatic carbocycles. The summed E-state index contributed by atoms with van der Waals surface area (Å²) in [6, 6.07) is 0. The van der Waals surface area contributed by atoms with E-state index in [0.717, 1.165) is 114 Å². The Hall–Kier alpha value is -1.94. The summed E-state index contributed by atoms with van der Waals surface area (Å²) in [6.07, 6.45) is 52.7. The van der Waals surface area contributed by atoms with Crippen LogP contribution in [-0.2, 0) is 65.4 Å². The quantitative estimate of drug-likeness (QED) is 0.0222. The number of rotatable bonds is 74. The summed E-state index contributed by atoms with van der Waals surface area (Å²) in [5.74, 6) is 0.294. The summed E-state index contributed by atoms with van der Waals surface area (Å²) in [4.78, 5) is 72.7. The van der Waals surface area contributed by atoms with Gasteiger partial charge in [-0.25, -0.2) is 9.13 Å². The fourth-order valence-corrected chi connectivity index (χ4v) is 13.1. The molecule has 17 nitrogen and oxygen atoms in total. The number of hydrogen-bond donors (Lipinski definition) is 3. The van der Waals surface area contributed by atoms with Crippen LogP contribution in [0.1, 0.15) is 389 Å². The van der Waals surface area contributed by atoms with E-state index in [1.54, 1.807) is 0 Å². The zero-order valence-corrected chi connectivity index (χ0v) is 63.9. The van der Waals surface area contributed by atoms with E-state index < -0.39 is 97.5 Å². The third-order valence-corrected chi connectivity index (χ3v) is 20.3. The molecule has 0 bridgehead atoms. The maximum absolute atomic E-state index is 13.1. The number of phosphoric ester groups is 2. The number of aliphatic hydroxyl groups excluding tert-OH is 1. The Kier molecular flexibility index (Phi) is 65.2. The molecule has 0 aromatic heterocycles. The Morgan fingerprint density at radius 1 is 0.305 bits per heavy atom. The Bertz CT molecular complexity index is 1860. The van der Waals surface area contributed by atoms with E-state index in [4.69, 9.17) is 37.0 Å². The molecule has 0 aromatic rings. The molecule has 19 heteroatoms. The second kappa shape index (κ2) is 66.6. The average Bonchev–Trinajstić information content (AvgIpc) is 1.59. The lowest BCUT2D eigenvalue weighted by Gasteiger charge is -2.21. The van der Waals surface area contributed by atoms with Crippen molar-refractivity contribution in [2.45, 2.75) is 407 Å². The summed E-state index contributed by atoms with van der Waals surface area (Å²) in [6.45, 7) is 11.9. The van der Waals surface area contributed by atoms with Crippen molar-refractivity contribution in [2.75, 3.05) is 39.6 Å². The van der Waals surface area contributed by atoms with E-state index >= 15 is 0 Å². The van der Waals surface area contributed by atoms with Gasteiger partial charge < -0.3 is 33.8 Å². The molecule has 0 rings (SSSR count). The summed E-state index contributed by atoms with van der Waals surface area (Å²) >= 11 is 0. The fraction of sp³-hybridized carbons (Fsp3) is 0.947. The lowest BCUT2D eigenvalue weighted by atomic mass is 9.99. The number of unbranched alkanes of at least 4 members (excludes halogenated alkanes) is 40. The molecule has 0 aliphatic rings. The first-order valence-corrected chi connectivity index (χ1v) is 42.4. The van der Waals surface area contributed by atoms with Crippen LogP contribution in [0.5, 0.6) is 0 Å². The minimum atomic E-state index is -4.96. The van der Waals surface area contributed by atoms with E-state index in [0.29, 0.717) is 25.7 Å². The molecule has 0 heterocycles. The van der Waals surface area contributed by atoms with Crippen LogP contribution in [0.15, 0.2) is 0 Å². The summed E-state index contributed by atoms with van der Waals surface area (Å²) in [5, 5.41) is 10.6. The highest BCUT2D eigenvalue weighted by Gasteiger charge is 2.30. The zero-order chi connectivity index (χ0) is 70.1. The standard InChI is InChI=1S/C76H148O17P2/c1-8-11-12-13-14-36-43-50-57-73(78)86-63-71(93-76(81)60-53-46-39-32-31-35-42-49-56-69(7)10-3)65-90-94(82,83)88-61-70(77)62-89-95(84,85)91-66-72(64-87-74(79)58-51-44-37-29-25-21-17-15-19-23-27-33-40-47-54-67(4)5)92-75(80)59-52-45-38-30-26-22-18-16-20-24-28-34-41-48-55-68(6)9-2/h67-72,77H,8-66H2,1-7H3,(H,82,83)(H,84,85)/t68?,69?,70-,71+,72+/m0/s1. The molecular formula is C76H148O17P2. The summed E-state index contributed by atoms with van der Waals surface area (Å²) < 4.78 is 68.5. The van der Waals surface area contributed by atoms with E-state index in [1.807, 2.05) is 0 Å². The fourth-order valence-electron chi connectivity index (χ4n) is 11.5. The molecule has 0 fully saturated rings. The lowest BCUT2D eigenvalue weighted by Crippen LogP contribution is -2.30. The van der Waals surface area contributed by atoms with Gasteiger partial charge in [-0.15, -0.1) is 0 Å². The van der Waals surface area contributed by atoms with Crippen LogP contribution in [0.2, 0.25) is 0 Å².